The minimum atomic E-state index is -2.88. The molecular weight excluding hydrogens is 380 g/mol. The van der Waals surface area contributed by atoms with Crippen LogP contribution in [0.5, 0.6) is 0 Å². The maximum Gasteiger partial charge on any atom is 0.493 e. The lowest BCUT2D eigenvalue weighted by Gasteiger charge is -2.38. The summed E-state index contributed by atoms with van der Waals surface area (Å²) in [5.74, 6) is 0. The quantitative estimate of drug-likeness (QED) is 0.314. The van der Waals surface area contributed by atoms with Crippen molar-refractivity contribution >= 4 is 17.6 Å². The first kappa shape index (κ1) is 27.2. The first-order valence-electron chi connectivity index (χ1n) is 10.3. The van der Waals surface area contributed by atoms with Crippen molar-refractivity contribution in [3.05, 3.63) is 0 Å². The van der Waals surface area contributed by atoms with Gasteiger partial charge in [0.05, 0.1) is 0 Å². The van der Waals surface area contributed by atoms with Gasteiger partial charge in [-0.15, -0.1) is 0 Å². The van der Waals surface area contributed by atoms with Crippen LogP contribution < -0.4 is 0 Å². The fourth-order valence-corrected chi connectivity index (χ4v) is 10.3. The molecule has 0 aliphatic rings. The van der Waals surface area contributed by atoms with Crippen molar-refractivity contribution < 1.29 is 21.8 Å². The average molecular weight is 425 g/mol. The highest BCUT2D eigenvalue weighted by Gasteiger charge is 2.52. The van der Waals surface area contributed by atoms with Gasteiger partial charge in [0.15, 0.2) is 0 Å². The summed E-state index contributed by atoms with van der Waals surface area (Å²) in [7, 11) is 2.55. The lowest BCUT2D eigenvalue weighted by atomic mass is 10.5. The van der Waals surface area contributed by atoms with Crippen molar-refractivity contribution in [2.75, 3.05) is 67.7 Å². The molecule has 0 radical (unpaired) electrons. The Morgan fingerprint density at radius 1 is 0.556 bits per heavy atom. The van der Waals surface area contributed by atoms with Gasteiger partial charge < -0.3 is 31.6 Å². The van der Waals surface area contributed by atoms with Gasteiger partial charge in [-0.3, -0.25) is 0 Å². The van der Waals surface area contributed by atoms with E-state index >= 15 is 0 Å². The highest BCUT2D eigenvalue weighted by atomic mass is 28.5. The van der Waals surface area contributed by atoms with Gasteiger partial charge in [-0.25, -0.2) is 0 Å². The third kappa shape index (κ3) is 11.7. The van der Waals surface area contributed by atoms with Crippen LogP contribution in [0.2, 0.25) is 12.1 Å². The lowest BCUT2D eigenvalue weighted by Crippen LogP contribution is -2.59. The van der Waals surface area contributed by atoms with E-state index in [1.807, 2.05) is 27.7 Å². The molecule has 0 aliphatic heterocycles. The summed E-state index contributed by atoms with van der Waals surface area (Å²) >= 11 is 0. The molecule has 0 rings (SSSR count). The monoisotopic (exact) mass is 424 g/mol. The van der Waals surface area contributed by atoms with Crippen LogP contribution >= 0.6 is 0 Å². The molecule has 0 saturated heterocycles. The van der Waals surface area contributed by atoms with Gasteiger partial charge in [0.2, 0.25) is 0 Å². The van der Waals surface area contributed by atoms with E-state index in [0.29, 0.717) is 26.4 Å². The fraction of sp³-hybridized carbons (Fsp3) is 1.00. The Labute approximate surface area is 170 Å². The third-order valence-electron chi connectivity index (χ3n) is 3.94. The molecule has 164 valence electrons. The first-order valence-corrected chi connectivity index (χ1v) is 14.2. The number of hydrogen-bond acceptors (Lipinski definition) is 7. The third-order valence-corrected chi connectivity index (χ3v) is 11.3. The maximum atomic E-state index is 6.70. The Hall–Kier alpha value is 0.154. The van der Waals surface area contributed by atoms with Crippen molar-refractivity contribution in [2.24, 2.45) is 0 Å². The van der Waals surface area contributed by atoms with Crippen molar-refractivity contribution in [1.29, 1.82) is 0 Å². The Morgan fingerprint density at radius 2 is 0.852 bits per heavy atom. The van der Waals surface area contributed by atoms with E-state index in [9.17, 15) is 0 Å². The van der Waals surface area contributed by atoms with Crippen LogP contribution in [0.3, 0.4) is 0 Å². The lowest BCUT2D eigenvalue weighted by molar-refractivity contribution is 0.0484. The summed E-state index contributed by atoms with van der Waals surface area (Å²) < 4.78 is 31.4. The largest absolute Gasteiger partial charge is 0.493 e. The summed E-state index contributed by atoms with van der Waals surface area (Å²) in [6.45, 7) is 12.2. The molecule has 27 heavy (non-hydrogen) atoms. The van der Waals surface area contributed by atoms with Crippen LogP contribution in [0, 0.1) is 0 Å². The second kappa shape index (κ2) is 15.1. The van der Waals surface area contributed by atoms with Gasteiger partial charge in [0, 0.05) is 38.5 Å². The molecule has 0 spiro atoms. The summed E-state index contributed by atoms with van der Waals surface area (Å²) in [6.07, 6.45) is 1.92. The second-order valence-electron chi connectivity index (χ2n) is 7.01. The van der Waals surface area contributed by atoms with Crippen LogP contribution in [0.1, 0.15) is 40.5 Å². The summed E-state index contributed by atoms with van der Waals surface area (Å²) in [5, 5.41) is 0. The summed E-state index contributed by atoms with van der Waals surface area (Å²) in [5.41, 5.74) is 0. The minimum Gasteiger partial charge on any atom is -0.374 e. The molecule has 0 saturated carbocycles. The predicted molar refractivity (Wildman–Crippen MR) is 115 cm³/mol. The van der Waals surface area contributed by atoms with Crippen LogP contribution in [-0.2, 0) is 21.8 Å². The molecule has 0 atom stereocenters. The van der Waals surface area contributed by atoms with E-state index < -0.39 is 17.6 Å². The van der Waals surface area contributed by atoms with Crippen molar-refractivity contribution in [3.63, 3.8) is 0 Å². The van der Waals surface area contributed by atoms with Crippen molar-refractivity contribution in [2.45, 2.75) is 52.6 Å². The molecule has 7 nitrogen and oxygen atoms in total. The fourth-order valence-electron chi connectivity index (χ4n) is 2.93. The highest BCUT2D eigenvalue weighted by Crippen LogP contribution is 2.28. The maximum absolute atomic E-state index is 6.70. The van der Waals surface area contributed by atoms with E-state index in [1.54, 1.807) is 0 Å². The molecule has 0 aromatic carbocycles. The van der Waals surface area contributed by atoms with Gasteiger partial charge in [-0.1, -0.05) is 0 Å². The molecule has 0 aromatic rings. The van der Waals surface area contributed by atoms with Crippen LogP contribution in [0.15, 0.2) is 0 Å². The zero-order chi connectivity index (χ0) is 20.8. The molecule has 0 fully saturated rings. The zero-order valence-corrected chi connectivity index (χ0v) is 21.0. The van der Waals surface area contributed by atoms with E-state index in [4.69, 9.17) is 21.8 Å². The predicted octanol–water partition coefficient (Wildman–Crippen LogP) is 2.93. The SMILES string of the molecule is CCO[Si](CCCN(C)C)(OCC)O[Si](CCCN(C)C)(OCC)OCC. The molecule has 0 heterocycles. The van der Waals surface area contributed by atoms with Gasteiger partial charge >= 0.3 is 17.6 Å². The van der Waals surface area contributed by atoms with Gasteiger partial charge in [0.25, 0.3) is 0 Å². The molecule has 9 heteroatoms. The van der Waals surface area contributed by atoms with Crippen molar-refractivity contribution in [3.8, 4) is 0 Å². The summed E-state index contributed by atoms with van der Waals surface area (Å²) in [6, 6.07) is 1.55. The van der Waals surface area contributed by atoms with Gasteiger partial charge in [-0.2, -0.15) is 0 Å². The standard InChI is InChI=1S/C18H44N2O5Si2/c1-9-21-26(22-10-2,17-13-15-19(5)6)25-27(23-11-3,24-12-4)18-14-16-20(7)8/h9-18H2,1-8H3. The van der Waals surface area contributed by atoms with Gasteiger partial charge in [0.1, 0.15) is 0 Å². The average Bonchev–Trinajstić information content (AvgIpc) is 2.55. The van der Waals surface area contributed by atoms with Gasteiger partial charge in [-0.05, 0) is 81.8 Å². The van der Waals surface area contributed by atoms with Crippen LogP contribution in [-0.4, -0.2) is 95.1 Å². The smallest absolute Gasteiger partial charge is 0.374 e. The van der Waals surface area contributed by atoms with E-state index in [2.05, 4.69) is 38.0 Å². The number of rotatable bonds is 18. The Bertz CT molecular complexity index is 319. The molecule has 0 aliphatic carbocycles. The number of hydrogen-bond donors (Lipinski definition) is 0. The molecule has 0 unspecified atom stereocenters. The minimum absolute atomic E-state index is 0.564. The molecular formula is C18H44N2O5Si2. The highest BCUT2D eigenvalue weighted by molar-refractivity contribution is 6.75. The normalized spacial score (nSPS) is 13.1. The Balaban J connectivity index is 5.47. The molecule has 0 bridgehead atoms. The Morgan fingerprint density at radius 3 is 1.07 bits per heavy atom. The second-order valence-corrected chi connectivity index (χ2v) is 12.7. The van der Waals surface area contributed by atoms with E-state index in [-0.39, 0.29) is 0 Å². The molecule has 0 N–H and O–H groups in total. The van der Waals surface area contributed by atoms with Crippen LogP contribution in [0.25, 0.3) is 0 Å². The first-order chi connectivity index (χ1) is 12.8. The van der Waals surface area contributed by atoms with E-state index in [1.165, 1.54) is 0 Å². The topological polar surface area (TPSA) is 52.6 Å². The van der Waals surface area contributed by atoms with Crippen LogP contribution in [0.4, 0.5) is 0 Å². The van der Waals surface area contributed by atoms with E-state index in [0.717, 1.165) is 38.0 Å². The number of nitrogens with zero attached hydrogens (tertiary/aromatic N) is 2. The molecule has 0 amide bonds. The van der Waals surface area contributed by atoms with Crippen molar-refractivity contribution in [1.82, 2.24) is 9.80 Å². The Kier molecular flexibility index (Phi) is 15.1. The zero-order valence-electron chi connectivity index (χ0n) is 19.0. The summed E-state index contributed by atoms with van der Waals surface area (Å²) in [4.78, 5) is 4.34. The molecule has 0 aromatic heterocycles.